The van der Waals surface area contributed by atoms with Gasteiger partial charge in [-0.2, -0.15) is 26.3 Å². The van der Waals surface area contributed by atoms with Crippen molar-refractivity contribution in [3.05, 3.63) is 29.6 Å². The van der Waals surface area contributed by atoms with Crippen LogP contribution in [0.5, 0.6) is 0 Å². The van der Waals surface area contributed by atoms with E-state index in [0.29, 0.717) is 5.56 Å². The minimum atomic E-state index is -5.44. The summed E-state index contributed by atoms with van der Waals surface area (Å²) < 4.78 is 75.2. The summed E-state index contributed by atoms with van der Waals surface area (Å²) in [4.78, 5) is 5.49. The largest absolute Gasteiger partial charge is 0.407 e. The Balaban J connectivity index is 2.57. The molecule has 0 radical (unpaired) electrons. The van der Waals surface area contributed by atoms with E-state index >= 15 is 0 Å². The molecule has 0 aliphatic carbocycles. The zero-order valence-electron chi connectivity index (χ0n) is 9.52. The van der Waals surface area contributed by atoms with Gasteiger partial charge in [-0.15, -0.1) is 0 Å². The lowest BCUT2D eigenvalue weighted by atomic mass is 10.1. The van der Waals surface area contributed by atoms with E-state index in [1.54, 1.807) is 13.0 Å². The second kappa shape index (κ2) is 4.14. The number of hydrogen-bond donors (Lipinski definition) is 1. The number of benzene rings is 1. The van der Waals surface area contributed by atoms with Gasteiger partial charge in [-0.1, -0.05) is 6.07 Å². The van der Waals surface area contributed by atoms with Gasteiger partial charge in [0, 0.05) is 0 Å². The number of aromatic amines is 1. The molecular weight excluding hydrogens is 274 g/mol. The van der Waals surface area contributed by atoms with Gasteiger partial charge in [0.1, 0.15) is 5.82 Å². The second-order valence-corrected chi connectivity index (χ2v) is 4.16. The molecule has 0 atom stereocenters. The Morgan fingerprint density at radius 2 is 1.63 bits per heavy atom. The van der Waals surface area contributed by atoms with Crippen LogP contribution in [-0.2, 0) is 0 Å². The minimum absolute atomic E-state index is 0.0686. The third-order valence-corrected chi connectivity index (χ3v) is 2.58. The van der Waals surface area contributed by atoms with Gasteiger partial charge >= 0.3 is 12.4 Å². The van der Waals surface area contributed by atoms with E-state index in [-0.39, 0.29) is 11.0 Å². The molecule has 0 aliphatic heterocycles. The molecule has 0 amide bonds. The Kier molecular flexibility index (Phi) is 2.98. The van der Waals surface area contributed by atoms with E-state index in [2.05, 4.69) is 9.97 Å². The second-order valence-electron chi connectivity index (χ2n) is 4.16. The summed E-state index contributed by atoms with van der Waals surface area (Å²) in [7, 11) is 0. The Morgan fingerprint density at radius 1 is 1.05 bits per heavy atom. The summed E-state index contributed by atoms with van der Waals surface area (Å²) in [5.41, 5.74) is 0.922. The average Bonchev–Trinajstić information content (AvgIpc) is 2.54. The molecule has 104 valence electrons. The molecule has 0 aliphatic rings. The minimum Gasteiger partial charge on any atom is -0.341 e. The first kappa shape index (κ1) is 13.7. The van der Waals surface area contributed by atoms with Gasteiger partial charge in [-0.05, 0) is 24.6 Å². The molecule has 2 rings (SSSR count). The number of hydrogen-bond acceptors (Lipinski definition) is 1. The average molecular weight is 282 g/mol. The normalized spacial score (nSPS) is 13.5. The predicted octanol–water partition coefficient (Wildman–Crippen LogP) is 4.08. The molecular formula is C11H8F6N2. The lowest BCUT2D eigenvalue weighted by Gasteiger charge is -2.20. The Labute approximate surface area is 103 Å². The molecule has 0 spiro atoms. The van der Waals surface area contributed by atoms with Gasteiger partial charge in [0.15, 0.2) is 0 Å². The van der Waals surface area contributed by atoms with E-state index in [1.807, 2.05) is 0 Å². The van der Waals surface area contributed by atoms with E-state index in [9.17, 15) is 26.3 Å². The van der Waals surface area contributed by atoms with Gasteiger partial charge in [0.2, 0.25) is 5.92 Å². The quantitative estimate of drug-likeness (QED) is 0.784. The summed E-state index contributed by atoms with van der Waals surface area (Å²) in [6, 6.07) is 4.37. The topological polar surface area (TPSA) is 28.7 Å². The van der Waals surface area contributed by atoms with Crippen molar-refractivity contribution in [1.82, 2.24) is 9.97 Å². The first-order chi connectivity index (χ1) is 8.59. The highest BCUT2D eigenvalue weighted by atomic mass is 19.4. The van der Waals surface area contributed by atoms with E-state index in [1.165, 1.54) is 12.1 Å². The van der Waals surface area contributed by atoms with Crippen LogP contribution in [0.25, 0.3) is 11.0 Å². The highest BCUT2D eigenvalue weighted by Crippen LogP contribution is 2.45. The zero-order chi connectivity index (χ0) is 14.4. The van der Waals surface area contributed by atoms with Crippen molar-refractivity contribution < 1.29 is 26.3 Å². The van der Waals surface area contributed by atoms with Crippen molar-refractivity contribution in [3.63, 3.8) is 0 Å². The number of fused-ring (bicyclic) bond motifs is 1. The smallest absolute Gasteiger partial charge is 0.341 e. The van der Waals surface area contributed by atoms with Crippen LogP contribution in [0.3, 0.4) is 0 Å². The monoisotopic (exact) mass is 282 g/mol. The zero-order valence-corrected chi connectivity index (χ0v) is 9.52. The van der Waals surface area contributed by atoms with Gasteiger partial charge in [0.25, 0.3) is 0 Å². The Hall–Kier alpha value is -1.73. The lowest BCUT2D eigenvalue weighted by Crippen LogP contribution is -2.34. The summed E-state index contributed by atoms with van der Waals surface area (Å²) in [5, 5.41) is 0. The van der Waals surface area contributed by atoms with Gasteiger partial charge in [-0.3, -0.25) is 0 Å². The molecule has 0 saturated carbocycles. The predicted molar refractivity (Wildman–Crippen MR) is 55.7 cm³/mol. The molecule has 0 unspecified atom stereocenters. The van der Waals surface area contributed by atoms with E-state index in [0.717, 1.165) is 0 Å². The lowest BCUT2D eigenvalue weighted by molar-refractivity contribution is -0.255. The molecule has 2 nitrogen and oxygen atoms in total. The Bertz CT molecular complexity index is 581. The maximum absolute atomic E-state index is 12.5. The maximum Gasteiger partial charge on any atom is 0.407 e. The van der Waals surface area contributed by atoms with Gasteiger partial charge in [0.05, 0.1) is 11.0 Å². The molecule has 1 N–H and O–H groups in total. The molecule has 0 bridgehead atoms. The molecule has 1 heterocycles. The number of aromatic nitrogens is 2. The Morgan fingerprint density at radius 3 is 2.16 bits per heavy atom. The number of H-pyrrole nitrogens is 1. The highest BCUT2D eigenvalue weighted by molar-refractivity contribution is 5.75. The van der Waals surface area contributed by atoms with Crippen molar-refractivity contribution in [2.75, 3.05) is 0 Å². The first-order valence-electron chi connectivity index (χ1n) is 5.19. The van der Waals surface area contributed by atoms with Crippen LogP contribution in [0.4, 0.5) is 26.3 Å². The number of imidazole rings is 1. The fraction of sp³-hybridized carbons (Fsp3) is 0.364. The first-order valence-corrected chi connectivity index (χ1v) is 5.19. The van der Waals surface area contributed by atoms with Gasteiger partial charge < -0.3 is 4.98 Å². The van der Waals surface area contributed by atoms with E-state index < -0.39 is 24.1 Å². The van der Waals surface area contributed by atoms with Crippen LogP contribution < -0.4 is 0 Å². The number of aryl methyl sites for hydroxylation is 1. The summed E-state index contributed by atoms with van der Waals surface area (Å²) in [6.07, 6.45) is -10.9. The highest BCUT2D eigenvalue weighted by Gasteiger charge is 2.59. The number of halogens is 6. The van der Waals surface area contributed by atoms with Crippen LogP contribution in [0, 0.1) is 6.92 Å². The van der Waals surface area contributed by atoms with Crippen molar-refractivity contribution >= 4 is 11.0 Å². The molecule has 8 heteroatoms. The maximum atomic E-state index is 12.5. The standard InChI is InChI=1S/C11H8F6N2/c1-5-2-3-6-7(4-5)19-9(18-6)8(10(12,13)14)11(15,16)17/h2-4,8H,1H3,(H,18,19). The number of nitrogens with one attached hydrogen (secondary N) is 1. The number of rotatable bonds is 1. The fourth-order valence-corrected chi connectivity index (χ4v) is 1.78. The summed E-state index contributed by atoms with van der Waals surface area (Å²) in [5.74, 6) is -4.74. The summed E-state index contributed by atoms with van der Waals surface area (Å²) >= 11 is 0. The third kappa shape index (κ3) is 2.66. The molecule has 19 heavy (non-hydrogen) atoms. The molecule has 1 aromatic carbocycles. The van der Waals surface area contributed by atoms with Crippen LogP contribution in [-0.4, -0.2) is 22.3 Å². The van der Waals surface area contributed by atoms with Crippen molar-refractivity contribution in [3.8, 4) is 0 Å². The van der Waals surface area contributed by atoms with Crippen LogP contribution >= 0.6 is 0 Å². The van der Waals surface area contributed by atoms with Crippen LogP contribution in [0.1, 0.15) is 17.3 Å². The van der Waals surface area contributed by atoms with Crippen LogP contribution in [0.15, 0.2) is 18.2 Å². The van der Waals surface area contributed by atoms with E-state index in [4.69, 9.17) is 0 Å². The molecule has 0 saturated heterocycles. The van der Waals surface area contributed by atoms with Crippen LogP contribution in [0.2, 0.25) is 0 Å². The molecule has 0 fully saturated rings. The SMILES string of the molecule is Cc1ccc2nc(C(C(F)(F)F)C(F)(F)F)[nH]c2c1. The third-order valence-electron chi connectivity index (χ3n) is 2.58. The number of nitrogens with zero attached hydrogens (tertiary/aromatic N) is 1. The van der Waals surface area contributed by atoms with Crippen molar-refractivity contribution in [1.29, 1.82) is 0 Å². The van der Waals surface area contributed by atoms with Crippen molar-refractivity contribution in [2.45, 2.75) is 25.2 Å². The summed E-state index contributed by atoms with van der Waals surface area (Å²) in [6.45, 7) is 1.67. The van der Waals surface area contributed by atoms with Gasteiger partial charge in [-0.25, -0.2) is 4.98 Å². The molecule has 2 aromatic rings. The molecule has 1 aromatic heterocycles. The van der Waals surface area contributed by atoms with Crippen molar-refractivity contribution in [2.24, 2.45) is 0 Å². The number of alkyl halides is 6. The fourth-order valence-electron chi connectivity index (χ4n) is 1.78.